The molecule has 0 aliphatic rings. The highest BCUT2D eigenvalue weighted by Crippen LogP contribution is 2.18. The minimum Gasteiger partial charge on any atom is -0.480 e. The molecule has 59 heavy (non-hydrogen) atoms. The van der Waals surface area contributed by atoms with Gasteiger partial charge in [-0.2, -0.15) is 0 Å². The zero-order valence-electron chi connectivity index (χ0n) is 37.8. The number of carbonyl (C=O) groups excluding carboxylic acids is 3. The number of carboxylic acids is 1. The molecule has 2 unspecified atom stereocenters. The van der Waals surface area contributed by atoms with Crippen molar-refractivity contribution in [2.75, 3.05) is 13.2 Å². The molecule has 0 saturated heterocycles. The number of ether oxygens (including phenoxy) is 1. The highest BCUT2D eigenvalue weighted by Gasteiger charge is 2.19. The van der Waals surface area contributed by atoms with Crippen LogP contribution in [0, 0.1) is 0 Å². The normalized spacial score (nSPS) is 12.9. The van der Waals surface area contributed by atoms with E-state index in [0.717, 1.165) is 96.3 Å². The number of nitrogens with one attached hydrogen (secondary N) is 2. The third-order valence-corrected chi connectivity index (χ3v) is 10.6. The number of esters is 1. The molecule has 0 aliphatic heterocycles. The van der Waals surface area contributed by atoms with Crippen LogP contribution in [0.2, 0.25) is 0 Å². The predicted octanol–water partition coefficient (Wildman–Crippen LogP) is 12.3. The fourth-order valence-electron chi connectivity index (χ4n) is 6.94. The summed E-state index contributed by atoms with van der Waals surface area (Å²) in [5, 5.41) is 22.6. The molecule has 0 spiro atoms. The molecular formula is C50H88N2O7. The Bertz CT molecular complexity index is 1130. The Morgan fingerprint density at radius 2 is 0.966 bits per heavy atom. The third kappa shape index (κ3) is 41.3. The van der Waals surface area contributed by atoms with E-state index in [0.29, 0.717) is 12.8 Å². The van der Waals surface area contributed by atoms with Gasteiger partial charge in [-0.1, -0.05) is 178 Å². The van der Waals surface area contributed by atoms with Crippen LogP contribution in [0.5, 0.6) is 0 Å². The molecule has 0 aromatic rings. The van der Waals surface area contributed by atoms with Gasteiger partial charge in [-0.05, 0) is 77.0 Å². The first-order valence-corrected chi connectivity index (χ1v) is 24.0. The molecule has 2 amide bonds. The maximum absolute atomic E-state index is 12.8. The smallest absolute Gasteiger partial charge is 0.328 e. The summed E-state index contributed by atoms with van der Waals surface area (Å²) in [6.45, 7) is 3.38. The van der Waals surface area contributed by atoms with E-state index in [1.54, 1.807) is 0 Å². The van der Waals surface area contributed by atoms with Gasteiger partial charge in [0, 0.05) is 12.8 Å². The lowest BCUT2D eigenvalue weighted by Crippen LogP contribution is -2.47. The number of carbonyl (C=O) groups is 4. The second kappa shape index (κ2) is 44.4. The Balaban J connectivity index is 4.38. The molecule has 9 nitrogen and oxygen atoms in total. The molecule has 0 bridgehead atoms. The zero-order valence-corrected chi connectivity index (χ0v) is 37.8. The monoisotopic (exact) mass is 829 g/mol. The van der Waals surface area contributed by atoms with Crippen LogP contribution in [0.1, 0.15) is 219 Å². The van der Waals surface area contributed by atoms with Crippen LogP contribution in [0.4, 0.5) is 0 Å². The molecule has 4 N–H and O–H groups in total. The lowest BCUT2D eigenvalue weighted by atomic mass is 10.0. The van der Waals surface area contributed by atoms with Crippen molar-refractivity contribution in [1.82, 2.24) is 10.6 Å². The highest BCUT2D eigenvalue weighted by molar-refractivity contribution is 5.87. The molecular weight excluding hydrogens is 741 g/mol. The van der Waals surface area contributed by atoms with Crippen LogP contribution in [0.15, 0.2) is 48.6 Å². The molecule has 0 rings (SSSR count). The molecule has 0 radical (unpaired) electrons. The summed E-state index contributed by atoms with van der Waals surface area (Å²) in [5.41, 5.74) is 0. The van der Waals surface area contributed by atoms with Crippen molar-refractivity contribution >= 4 is 23.8 Å². The van der Waals surface area contributed by atoms with Gasteiger partial charge in [0.25, 0.3) is 0 Å². The van der Waals surface area contributed by atoms with Crippen LogP contribution in [-0.2, 0) is 23.9 Å². The summed E-state index contributed by atoms with van der Waals surface area (Å²) < 4.78 is 6.04. The van der Waals surface area contributed by atoms with Crippen molar-refractivity contribution in [3.05, 3.63) is 48.6 Å². The van der Waals surface area contributed by atoms with E-state index in [-0.39, 0.29) is 30.9 Å². The lowest BCUT2D eigenvalue weighted by molar-refractivity contribution is -0.150. The molecule has 0 fully saturated rings. The fraction of sp³-hybridized carbons (Fsp3) is 0.760. The number of amides is 2. The first-order valence-electron chi connectivity index (χ1n) is 24.0. The van der Waals surface area contributed by atoms with Crippen molar-refractivity contribution in [2.24, 2.45) is 0 Å². The average Bonchev–Trinajstić information content (AvgIpc) is 3.22. The summed E-state index contributed by atoms with van der Waals surface area (Å²) >= 11 is 0. The van der Waals surface area contributed by atoms with Gasteiger partial charge in [0.15, 0.2) is 0 Å². The summed E-state index contributed by atoms with van der Waals surface area (Å²) in [6, 6.07) is -1.39. The molecule has 340 valence electrons. The Labute approximate surface area is 360 Å². The SMILES string of the molecule is CC/C=C\C/C=C\C/C=C\C/C=C\CCCCC(CCCCCCCC(=O)NCC(=O)NC(CO)C(=O)O)OC(=O)CCCCCCCCCCCCCCCCCC. The number of unbranched alkanes of at least 4 members (excludes halogenated alkanes) is 21. The van der Waals surface area contributed by atoms with E-state index in [1.165, 1.54) is 89.9 Å². The van der Waals surface area contributed by atoms with Gasteiger partial charge < -0.3 is 25.6 Å². The van der Waals surface area contributed by atoms with E-state index in [2.05, 4.69) is 73.1 Å². The van der Waals surface area contributed by atoms with Crippen LogP contribution < -0.4 is 10.6 Å². The quantitative estimate of drug-likeness (QED) is 0.0272. The molecule has 9 heteroatoms. The van der Waals surface area contributed by atoms with E-state index in [9.17, 15) is 19.2 Å². The number of hydrogen-bond acceptors (Lipinski definition) is 6. The van der Waals surface area contributed by atoms with Crippen molar-refractivity contribution in [2.45, 2.75) is 231 Å². The summed E-state index contributed by atoms with van der Waals surface area (Å²) in [4.78, 5) is 47.7. The maximum atomic E-state index is 12.8. The third-order valence-electron chi connectivity index (χ3n) is 10.6. The van der Waals surface area contributed by atoms with Crippen LogP contribution in [-0.4, -0.2) is 59.3 Å². The lowest BCUT2D eigenvalue weighted by Gasteiger charge is -2.18. The first kappa shape index (κ1) is 55.8. The highest BCUT2D eigenvalue weighted by atomic mass is 16.5. The largest absolute Gasteiger partial charge is 0.480 e. The number of hydrogen-bond donors (Lipinski definition) is 4. The second-order valence-electron chi connectivity index (χ2n) is 16.2. The number of rotatable bonds is 43. The summed E-state index contributed by atoms with van der Waals surface area (Å²) in [5.74, 6) is -2.32. The predicted molar refractivity (Wildman–Crippen MR) is 245 cm³/mol. The van der Waals surface area contributed by atoms with Gasteiger partial charge in [-0.15, -0.1) is 0 Å². The van der Waals surface area contributed by atoms with E-state index in [1.807, 2.05) is 0 Å². The summed E-state index contributed by atoms with van der Waals surface area (Å²) in [6.07, 6.45) is 52.8. The Hall–Kier alpha value is -3.20. The van der Waals surface area contributed by atoms with Gasteiger partial charge in [0.1, 0.15) is 12.1 Å². The first-order chi connectivity index (χ1) is 28.8. The van der Waals surface area contributed by atoms with Crippen molar-refractivity contribution in [1.29, 1.82) is 0 Å². The number of aliphatic hydroxyl groups is 1. The van der Waals surface area contributed by atoms with Gasteiger partial charge in [0.2, 0.25) is 11.8 Å². The average molecular weight is 829 g/mol. The number of aliphatic hydroxyl groups excluding tert-OH is 1. The van der Waals surface area contributed by atoms with Crippen LogP contribution in [0.3, 0.4) is 0 Å². The number of aliphatic carboxylic acids is 1. The zero-order chi connectivity index (χ0) is 43.3. The van der Waals surface area contributed by atoms with E-state index in [4.69, 9.17) is 14.9 Å². The van der Waals surface area contributed by atoms with Crippen LogP contribution >= 0.6 is 0 Å². The second-order valence-corrected chi connectivity index (χ2v) is 16.2. The van der Waals surface area contributed by atoms with Crippen LogP contribution in [0.25, 0.3) is 0 Å². The molecule has 0 aromatic carbocycles. The van der Waals surface area contributed by atoms with Gasteiger partial charge in [-0.25, -0.2) is 4.79 Å². The molecule has 0 saturated carbocycles. The van der Waals surface area contributed by atoms with E-state index < -0.39 is 24.5 Å². The number of carboxylic acid groups (broad SMARTS) is 1. The topological polar surface area (TPSA) is 142 Å². The minimum absolute atomic E-state index is 0.0514. The van der Waals surface area contributed by atoms with E-state index >= 15 is 0 Å². The molecule has 0 heterocycles. The number of allylic oxidation sites excluding steroid dienone is 8. The molecule has 0 aromatic heterocycles. The fourth-order valence-corrected chi connectivity index (χ4v) is 6.94. The van der Waals surface area contributed by atoms with Gasteiger partial charge in [-0.3, -0.25) is 14.4 Å². The van der Waals surface area contributed by atoms with Gasteiger partial charge in [0.05, 0.1) is 13.2 Å². The van der Waals surface area contributed by atoms with Crippen molar-refractivity contribution in [3.63, 3.8) is 0 Å². The molecule has 2 atom stereocenters. The Morgan fingerprint density at radius 3 is 1.46 bits per heavy atom. The minimum atomic E-state index is -1.39. The Morgan fingerprint density at radius 1 is 0.525 bits per heavy atom. The molecule has 0 aliphatic carbocycles. The maximum Gasteiger partial charge on any atom is 0.328 e. The van der Waals surface area contributed by atoms with Crippen molar-refractivity contribution in [3.8, 4) is 0 Å². The summed E-state index contributed by atoms with van der Waals surface area (Å²) in [7, 11) is 0. The Kier molecular flexibility index (Phi) is 41.9. The van der Waals surface area contributed by atoms with Gasteiger partial charge >= 0.3 is 11.9 Å². The standard InChI is InChI=1S/C50H88N2O7/c1-3-5-7-9-11-13-15-17-19-21-23-25-27-29-34-38-42-49(56)59-45(39-35-31-28-26-24-22-20-18-16-14-12-10-8-6-4-2)40-36-32-30-33-37-41-47(54)51-43-48(55)52-46(44-53)50(57)58/h6,8,12,14,18,20,24,26,45-46,53H,3-5,7,9-11,13,15-17,19,21-23,25,27-44H2,1-2H3,(H,51,54)(H,52,55)(H,57,58)/b8-6-,14-12-,20-18-,26-24-. The van der Waals surface area contributed by atoms with Crippen molar-refractivity contribution < 1.29 is 34.1 Å².